The van der Waals surface area contributed by atoms with E-state index in [1.54, 1.807) is 7.11 Å². The molecule has 2 aromatic rings. The van der Waals surface area contributed by atoms with Crippen molar-refractivity contribution < 1.29 is 33.7 Å². The Morgan fingerprint density at radius 1 is 1.04 bits per heavy atom. The third kappa shape index (κ3) is 6.28. The van der Waals surface area contributed by atoms with E-state index < -0.39 is 35.4 Å². The molecule has 10 heteroatoms. The lowest BCUT2D eigenvalue weighted by molar-refractivity contribution is -0.162. The van der Waals surface area contributed by atoms with Gasteiger partial charge in [0.1, 0.15) is 29.7 Å². The van der Waals surface area contributed by atoms with Crippen molar-refractivity contribution in [3.05, 3.63) is 23.9 Å². The lowest BCUT2D eigenvalue weighted by atomic mass is 9.77. The largest absolute Gasteiger partial charge is 0.497 e. The van der Waals surface area contributed by atoms with Crippen LogP contribution in [0.2, 0.25) is 0 Å². The van der Waals surface area contributed by atoms with Crippen LogP contribution in [0.5, 0.6) is 11.6 Å². The predicted octanol–water partition coefficient (Wildman–Crippen LogP) is 5.83. The molecule has 2 aliphatic carbocycles. The van der Waals surface area contributed by atoms with Gasteiger partial charge in [0.25, 0.3) is 0 Å². The van der Waals surface area contributed by atoms with Gasteiger partial charge in [-0.05, 0) is 80.2 Å². The minimum absolute atomic E-state index is 0.0732. The van der Waals surface area contributed by atoms with E-state index in [4.69, 9.17) is 24.2 Å². The highest BCUT2D eigenvalue weighted by molar-refractivity contribution is 5.89. The molecule has 0 spiro atoms. The Kier molecular flexibility index (Phi) is 9.18. The van der Waals surface area contributed by atoms with Crippen molar-refractivity contribution >= 4 is 28.9 Å². The minimum atomic E-state index is -1.09. The third-order valence-corrected chi connectivity index (χ3v) is 11.2. The quantitative estimate of drug-likeness (QED) is 0.414. The van der Waals surface area contributed by atoms with E-state index in [-0.39, 0.29) is 30.9 Å². The highest BCUT2D eigenvalue weighted by atomic mass is 16.5. The summed E-state index contributed by atoms with van der Waals surface area (Å²) in [6.07, 6.45) is 7.72. The molecular formula is C36H49N3O7. The monoisotopic (exact) mass is 635 g/mol. The van der Waals surface area contributed by atoms with Crippen LogP contribution in [0, 0.1) is 35.0 Å². The van der Waals surface area contributed by atoms with Crippen LogP contribution in [0.4, 0.5) is 0 Å². The smallest absolute Gasteiger partial charge is 0.326 e. The third-order valence-electron chi connectivity index (χ3n) is 11.2. The normalized spacial score (nSPS) is 32.2. The summed E-state index contributed by atoms with van der Waals surface area (Å²) < 4.78 is 18.3. The number of carboxylic acid groups (broad SMARTS) is 1. The molecule has 10 nitrogen and oxygen atoms in total. The number of benzene rings is 1. The minimum Gasteiger partial charge on any atom is -0.497 e. The molecule has 46 heavy (non-hydrogen) atoms. The first-order valence-corrected chi connectivity index (χ1v) is 17.2. The van der Waals surface area contributed by atoms with Gasteiger partial charge in [0.2, 0.25) is 11.8 Å². The van der Waals surface area contributed by atoms with Gasteiger partial charge in [-0.1, -0.05) is 40.5 Å². The number of aryl methyl sites for hydroxylation is 1. The van der Waals surface area contributed by atoms with Crippen molar-refractivity contribution in [2.75, 3.05) is 13.7 Å². The molecule has 2 aliphatic heterocycles. The zero-order valence-electron chi connectivity index (χ0n) is 27.9. The number of carbonyl (C=O) groups excluding carboxylic acids is 2. The number of ether oxygens (including phenoxy) is 3. The number of carboxylic acids is 1. The van der Waals surface area contributed by atoms with E-state index in [1.165, 1.54) is 11.3 Å². The fourth-order valence-corrected chi connectivity index (χ4v) is 8.73. The summed E-state index contributed by atoms with van der Waals surface area (Å²) in [7, 11) is 1.60. The molecule has 4 bridgehead atoms. The summed E-state index contributed by atoms with van der Waals surface area (Å²) in [6, 6.07) is 4.48. The average Bonchev–Trinajstić information content (AvgIpc) is 3.72. The van der Waals surface area contributed by atoms with Crippen molar-refractivity contribution in [2.45, 2.75) is 110 Å². The molecule has 250 valence electrons. The second-order valence-electron chi connectivity index (χ2n) is 15.0. The summed E-state index contributed by atoms with van der Waals surface area (Å²) in [5.74, 6) is -0.626. The summed E-state index contributed by atoms with van der Waals surface area (Å²) in [5, 5.41) is 10.5. The average molecular weight is 636 g/mol. The molecule has 2 saturated carbocycles. The summed E-state index contributed by atoms with van der Waals surface area (Å²) >= 11 is 0. The van der Waals surface area contributed by atoms with E-state index in [0.717, 1.165) is 49.7 Å². The number of hydrogen-bond acceptors (Lipinski definition) is 8. The highest BCUT2D eigenvalue weighted by Gasteiger charge is 2.52. The Hall–Kier alpha value is -3.43. The van der Waals surface area contributed by atoms with Crippen molar-refractivity contribution in [2.24, 2.45) is 35.0 Å². The second-order valence-corrected chi connectivity index (χ2v) is 15.0. The number of hydrogen-bond donors (Lipinski definition) is 1. The molecule has 6 rings (SSSR count). The maximum absolute atomic E-state index is 14.4. The Balaban J connectivity index is 1.38. The highest BCUT2D eigenvalue weighted by Crippen LogP contribution is 2.52. The Bertz CT molecular complexity index is 1470. The Labute approximate surface area is 271 Å². The van der Waals surface area contributed by atoms with Crippen LogP contribution in [0.15, 0.2) is 18.2 Å². The summed E-state index contributed by atoms with van der Waals surface area (Å²) in [4.78, 5) is 52.0. The first kappa shape index (κ1) is 32.5. The van der Waals surface area contributed by atoms with Gasteiger partial charge < -0.3 is 24.2 Å². The SMILES string of the molecule is CC[C@@H]1[C@@H]2CN(C(=O)[C@H](C(C)(C)C)CC(=O)O[C@@H]3[C@H]4CC[C@H](C4)[C@H]3CCCCCc3nc4ccc(OC)cc4nc3O2)[C@@H]1C(=O)O. The van der Waals surface area contributed by atoms with Crippen LogP contribution in [-0.2, 0) is 25.5 Å². The van der Waals surface area contributed by atoms with Crippen LogP contribution < -0.4 is 9.47 Å². The number of esters is 1. The van der Waals surface area contributed by atoms with Crippen LogP contribution in [0.1, 0.15) is 91.2 Å². The fraction of sp³-hybridized carbons (Fsp3) is 0.694. The molecule has 4 aliphatic rings. The number of aliphatic carboxylic acids is 1. The second kappa shape index (κ2) is 13.0. The molecule has 8 atom stereocenters. The number of fused-ring (bicyclic) bond motifs is 9. The van der Waals surface area contributed by atoms with Crippen LogP contribution in [0.3, 0.4) is 0 Å². The predicted molar refractivity (Wildman–Crippen MR) is 171 cm³/mol. The van der Waals surface area contributed by atoms with Gasteiger partial charge in [-0.2, -0.15) is 0 Å². The topological polar surface area (TPSA) is 128 Å². The number of rotatable bonds is 3. The van der Waals surface area contributed by atoms with Gasteiger partial charge in [-0.3, -0.25) is 9.59 Å². The van der Waals surface area contributed by atoms with Gasteiger partial charge in [0, 0.05) is 12.0 Å². The van der Waals surface area contributed by atoms with Crippen LogP contribution >= 0.6 is 0 Å². The van der Waals surface area contributed by atoms with Gasteiger partial charge in [0.15, 0.2) is 0 Å². The van der Waals surface area contributed by atoms with E-state index >= 15 is 0 Å². The first-order valence-electron chi connectivity index (χ1n) is 17.2. The maximum atomic E-state index is 14.4. The number of aromatic nitrogens is 2. The van der Waals surface area contributed by atoms with Crippen molar-refractivity contribution in [1.29, 1.82) is 0 Å². The number of methoxy groups -OCH3 is 1. The maximum Gasteiger partial charge on any atom is 0.326 e. The van der Waals surface area contributed by atoms with Gasteiger partial charge >= 0.3 is 11.9 Å². The van der Waals surface area contributed by atoms with Crippen molar-refractivity contribution in [1.82, 2.24) is 14.9 Å². The van der Waals surface area contributed by atoms with Crippen LogP contribution in [0.25, 0.3) is 11.0 Å². The fourth-order valence-electron chi connectivity index (χ4n) is 8.73. The molecule has 0 radical (unpaired) electrons. The lowest BCUT2D eigenvalue weighted by Crippen LogP contribution is -2.49. The number of amides is 1. The summed E-state index contributed by atoms with van der Waals surface area (Å²) in [6.45, 7) is 7.79. The van der Waals surface area contributed by atoms with E-state index in [0.29, 0.717) is 47.7 Å². The van der Waals surface area contributed by atoms with Gasteiger partial charge in [0.05, 0.1) is 37.0 Å². The number of nitrogens with zero attached hydrogens (tertiary/aromatic N) is 3. The molecular weight excluding hydrogens is 586 g/mol. The summed E-state index contributed by atoms with van der Waals surface area (Å²) in [5.41, 5.74) is 1.51. The van der Waals surface area contributed by atoms with Crippen LogP contribution in [-0.4, -0.2) is 69.7 Å². The van der Waals surface area contributed by atoms with Crippen molar-refractivity contribution in [3.63, 3.8) is 0 Å². The molecule has 3 heterocycles. The standard InChI is InChI=1S/C36H49N3O7/c1-6-23-29-19-39(31(23)35(42)43)34(41)25(36(2,3)4)18-30(40)46-32-21-13-12-20(16-21)24(32)10-8-7-9-11-27-33(45-29)38-28-17-22(44-5)14-15-26(28)37-27/h14-15,17,20-21,23-25,29,31-32H,6-13,16,18-19H2,1-5H3,(H,42,43)/t20-,21+,23-,24-,25-,29+,31+,32-/m1/s1. The molecule has 1 saturated heterocycles. The molecule has 3 fully saturated rings. The lowest BCUT2D eigenvalue weighted by Gasteiger charge is -2.35. The Morgan fingerprint density at radius 2 is 1.83 bits per heavy atom. The Morgan fingerprint density at radius 3 is 2.54 bits per heavy atom. The number of carbonyl (C=O) groups is 3. The molecule has 0 unspecified atom stereocenters. The van der Waals surface area contributed by atoms with Gasteiger partial charge in [-0.25, -0.2) is 14.8 Å². The van der Waals surface area contributed by atoms with E-state index in [9.17, 15) is 19.5 Å². The van der Waals surface area contributed by atoms with Crippen molar-refractivity contribution in [3.8, 4) is 11.6 Å². The molecule has 1 N–H and O–H groups in total. The van der Waals surface area contributed by atoms with Gasteiger partial charge in [-0.15, -0.1) is 0 Å². The zero-order valence-corrected chi connectivity index (χ0v) is 27.9. The molecule has 1 amide bonds. The molecule has 1 aromatic heterocycles. The van der Waals surface area contributed by atoms with E-state index in [2.05, 4.69) is 0 Å². The zero-order chi connectivity index (χ0) is 32.7. The molecule has 1 aromatic carbocycles. The first-order chi connectivity index (χ1) is 22.0. The van der Waals surface area contributed by atoms with E-state index in [1.807, 2.05) is 45.9 Å².